The number of rotatable bonds is 4. The molecule has 2 heterocycles. The highest BCUT2D eigenvalue weighted by atomic mass is 32.2. The first-order valence-electron chi connectivity index (χ1n) is 6.37. The molecule has 2 aliphatic heterocycles. The molecule has 0 radical (unpaired) electrons. The summed E-state index contributed by atoms with van der Waals surface area (Å²) in [5.74, 6) is 1.90. The lowest BCUT2D eigenvalue weighted by molar-refractivity contribution is -0.101. The Kier molecular flexibility index (Phi) is 3.16. The lowest BCUT2D eigenvalue weighted by atomic mass is 9.66. The average molecular weight is 249 g/mol. The summed E-state index contributed by atoms with van der Waals surface area (Å²) < 4.78 is 5.49. The molecule has 0 bridgehead atoms. The highest BCUT2D eigenvalue weighted by Crippen LogP contribution is 2.41. The zero-order valence-electron chi connectivity index (χ0n) is 10.2. The van der Waals surface area contributed by atoms with Gasteiger partial charge in [-0.3, -0.25) is 0 Å². The van der Waals surface area contributed by atoms with Gasteiger partial charge in [0.25, 0.3) is 0 Å². The zero-order valence-corrected chi connectivity index (χ0v) is 11.1. The second kappa shape index (κ2) is 4.63. The lowest BCUT2D eigenvalue weighted by Crippen LogP contribution is -2.62. The van der Waals surface area contributed by atoms with Crippen LogP contribution in [0.2, 0.25) is 0 Å². The average Bonchev–Trinajstić information content (AvgIpc) is 2.22. The smallest absolute Gasteiger partial charge is 0.0589 e. The highest BCUT2D eigenvalue weighted by molar-refractivity contribution is 7.99. The normalized spacial score (nSPS) is 22.9. The number of nitrogens with one attached hydrogen (secondary N) is 1. The molecule has 92 valence electrons. The summed E-state index contributed by atoms with van der Waals surface area (Å²) in [6.45, 7) is 6.29. The quantitative estimate of drug-likeness (QED) is 0.827. The SMILES string of the molecule is CCSc1ccc(C2(C3CNC3)COC2)cc1. The van der Waals surface area contributed by atoms with E-state index < -0.39 is 0 Å². The predicted octanol–water partition coefficient (Wildman–Crippen LogP) is 2.29. The van der Waals surface area contributed by atoms with Crippen LogP contribution in [0.1, 0.15) is 12.5 Å². The van der Waals surface area contributed by atoms with E-state index in [1.54, 1.807) is 0 Å². The zero-order chi connectivity index (χ0) is 11.7. The number of thioether (sulfide) groups is 1. The highest BCUT2D eigenvalue weighted by Gasteiger charge is 2.49. The molecule has 3 heteroatoms. The van der Waals surface area contributed by atoms with Crippen LogP contribution >= 0.6 is 11.8 Å². The molecular formula is C14H19NOS. The summed E-state index contributed by atoms with van der Waals surface area (Å²) in [6.07, 6.45) is 0. The summed E-state index contributed by atoms with van der Waals surface area (Å²) in [7, 11) is 0. The van der Waals surface area contributed by atoms with E-state index >= 15 is 0 Å². The molecule has 0 aliphatic carbocycles. The number of hydrogen-bond acceptors (Lipinski definition) is 3. The van der Waals surface area contributed by atoms with Gasteiger partial charge in [-0.1, -0.05) is 19.1 Å². The van der Waals surface area contributed by atoms with Gasteiger partial charge in [0.1, 0.15) is 0 Å². The van der Waals surface area contributed by atoms with Crippen LogP contribution in [0.4, 0.5) is 0 Å². The van der Waals surface area contributed by atoms with Gasteiger partial charge < -0.3 is 10.1 Å². The Balaban J connectivity index is 1.81. The molecule has 0 aromatic heterocycles. The van der Waals surface area contributed by atoms with Crippen LogP contribution in [-0.4, -0.2) is 32.1 Å². The summed E-state index contributed by atoms with van der Waals surface area (Å²) in [4.78, 5) is 1.37. The maximum Gasteiger partial charge on any atom is 0.0589 e. The summed E-state index contributed by atoms with van der Waals surface area (Å²) >= 11 is 1.90. The minimum Gasteiger partial charge on any atom is -0.379 e. The monoisotopic (exact) mass is 249 g/mol. The maximum absolute atomic E-state index is 5.49. The van der Waals surface area contributed by atoms with Crippen molar-refractivity contribution < 1.29 is 4.74 Å². The van der Waals surface area contributed by atoms with Crippen molar-refractivity contribution in [2.45, 2.75) is 17.2 Å². The summed E-state index contributed by atoms with van der Waals surface area (Å²) in [5, 5.41) is 3.38. The standard InChI is InChI=1S/C14H19NOS/c1-2-17-13-5-3-11(4-6-13)14(9-16-10-14)12-7-15-8-12/h3-6,12,15H,2,7-10H2,1H3. The maximum atomic E-state index is 5.49. The van der Waals surface area contributed by atoms with Gasteiger partial charge in [0, 0.05) is 23.4 Å². The summed E-state index contributed by atoms with van der Waals surface area (Å²) in [5.41, 5.74) is 1.77. The summed E-state index contributed by atoms with van der Waals surface area (Å²) in [6, 6.07) is 9.13. The van der Waals surface area contributed by atoms with Crippen LogP contribution in [-0.2, 0) is 10.2 Å². The Labute approximate surface area is 107 Å². The first-order valence-corrected chi connectivity index (χ1v) is 7.35. The predicted molar refractivity (Wildman–Crippen MR) is 71.7 cm³/mol. The van der Waals surface area contributed by atoms with E-state index in [9.17, 15) is 0 Å². The Morgan fingerprint density at radius 1 is 1.29 bits per heavy atom. The van der Waals surface area contributed by atoms with Crippen LogP contribution in [0, 0.1) is 5.92 Å². The molecule has 0 saturated carbocycles. The largest absolute Gasteiger partial charge is 0.379 e. The van der Waals surface area contributed by atoms with E-state index in [4.69, 9.17) is 4.74 Å². The molecule has 1 aromatic rings. The molecule has 2 nitrogen and oxygen atoms in total. The first-order chi connectivity index (χ1) is 8.35. The van der Waals surface area contributed by atoms with Gasteiger partial charge in [0.2, 0.25) is 0 Å². The molecule has 17 heavy (non-hydrogen) atoms. The lowest BCUT2D eigenvalue weighted by Gasteiger charge is -2.51. The van der Waals surface area contributed by atoms with Crippen molar-refractivity contribution in [3.8, 4) is 0 Å². The fourth-order valence-electron chi connectivity index (χ4n) is 2.69. The van der Waals surface area contributed by atoms with E-state index in [0.29, 0.717) is 5.41 Å². The minimum absolute atomic E-state index is 0.306. The first kappa shape index (κ1) is 11.6. The van der Waals surface area contributed by atoms with Crippen LogP contribution in [0.15, 0.2) is 29.2 Å². The molecule has 0 unspecified atom stereocenters. The molecule has 2 aliphatic rings. The Bertz CT molecular complexity index is 382. The van der Waals surface area contributed by atoms with Crippen molar-refractivity contribution in [3.05, 3.63) is 29.8 Å². The Morgan fingerprint density at radius 2 is 2.00 bits per heavy atom. The van der Waals surface area contributed by atoms with Crippen LogP contribution in [0.5, 0.6) is 0 Å². The van der Waals surface area contributed by atoms with Gasteiger partial charge in [-0.2, -0.15) is 0 Å². The van der Waals surface area contributed by atoms with E-state index in [2.05, 4.69) is 36.5 Å². The van der Waals surface area contributed by atoms with E-state index in [0.717, 1.165) is 38.0 Å². The Hall–Kier alpha value is -0.510. The van der Waals surface area contributed by atoms with Crippen molar-refractivity contribution in [2.24, 2.45) is 5.92 Å². The van der Waals surface area contributed by atoms with Crippen LogP contribution in [0.3, 0.4) is 0 Å². The van der Waals surface area contributed by atoms with Gasteiger partial charge in [-0.25, -0.2) is 0 Å². The van der Waals surface area contributed by atoms with Gasteiger partial charge in [-0.05, 0) is 29.4 Å². The van der Waals surface area contributed by atoms with E-state index in [1.807, 2.05) is 11.8 Å². The van der Waals surface area contributed by atoms with Crippen molar-refractivity contribution >= 4 is 11.8 Å². The third-order valence-corrected chi connectivity index (χ3v) is 4.92. The fraction of sp³-hybridized carbons (Fsp3) is 0.571. The molecule has 1 N–H and O–H groups in total. The second-order valence-corrected chi connectivity index (χ2v) is 6.30. The van der Waals surface area contributed by atoms with Gasteiger partial charge >= 0.3 is 0 Å². The molecular weight excluding hydrogens is 230 g/mol. The van der Waals surface area contributed by atoms with Gasteiger partial charge in [-0.15, -0.1) is 11.8 Å². The van der Waals surface area contributed by atoms with Crippen molar-refractivity contribution in [1.29, 1.82) is 0 Å². The third kappa shape index (κ3) is 1.90. The Morgan fingerprint density at radius 3 is 2.41 bits per heavy atom. The number of hydrogen-bond donors (Lipinski definition) is 1. The van der Waals surface area contributed by atoms with Crippen molar-refractivity contribution in [2.75, 3.05) is 32.1 Å². The third-order valence-electron chi connectivity index (χ3n) is 4.02. The van der Waals surface area contributed by atoms with Gasteiger partial charge in [0.15, 0.2) is 0 Å². The van der Waals surface area contributed by atoms with Crippen LogP contribution in [0.25, 0.3) is 0 Å². The topological polar surface area (TPSA) is 21.3 Å². The van der Waals surface area contributed by atoms with Crippen molar-refractivity contribution in [3.63, 3.8) is 0 Å². The molecule has 3 rings (SSSR count). The van der Waals surface area contributed by atoms with Crippen LogP contribution < -0.4 is 5.32 Å². The molecule has 0 spiro atoms. The van der Waals surface area contributed by atoms with E-state index in [-0.39, 0.29) is 0 Å². The molecule has 0 amide bonds. The van der Waals surface area contributed by atoms with E-state index in [1.165, 1.54) is 10.5 Å². The fourth-order valence-corrected chi connectivity index (χ4v) is 3.35. The molecule has 2 fully saturated rings. The minimum atomic E-state index is 0.306. The molecule has 0 atom stereocenters. The second-order valence-electron chi connectivity index (χ2n) is 4.96. The molecule has 1 aromatic carbocycles. The molecule has 2 saturated heterocycles. The number of ether oxygens (including phenoxy) is 1. The van der Waals surface area contributed by atoms with Gasteiger partial charge in [0.05, 0.1) is 13.2 Å². The number of benzene rings is 1. The van der Waals surface area contributed by atoms with Crippen molar-refractivity contribution in [1.82, 2.24) is 5.32 Å².